The zero-order chi connectivity index (χ0) is 33.8. The van der Waals surface area contributed by atoms with Crippen LogP contribution in [0.1, 0.15) is 24.3 Å². The number of aliphatic carboxylic acids is 1. The molecule has 2 fully saturated rings. The van der Waals surface area contributed by atoms with Gasteiger partial charge < -0.3 is 26.2 Å². The third kappa shape index (κ3) is 6.92. The number of amides is 4. The van der Waals surface area contributed by atoms with Crippen molar-refractivity contribution in [3.8, 4) is 5.75 Å². The third-order valence-electron chi connectivity index (χ3n) is 8.09. The molecule has 1 aromatic carbocycles. The Kier molecular flexibility index (Phi) is 9.77. The second-order valence-electron chi connectivity index (χ2n) is 11.1. The summed E-state index contributed by atoms with van der Waals surface area (Å²) in [5.74, 6) is -3.66. The summed E-state index contributed by atoms with van der Waals surface area (Å²) in [6.45, 7) is 0.333. The van der Waals surface area contributed by atoms with Gasteiger partial charge >= 0.3 is 5.97 Å². The lowest BCUT2D eigenvalue weighted by molar-refractivity contribution is -0.150. The summed E-state index contributed by atoms with van der Waals surface area (Å²) in [4.78, 5) is 76.0. The normalized spacial score (nSPS) is 20.3. The number of carbonyl (C=O) groups excluding carboxylic acids is 4. The van der Waals surface area contributed by atoms with Crippen LogP contribution >= 0.6 is 23.5 Å². The van der Waals surface area contributed by atoms with Gasteiger partial charge in [-0.15, -0.1) is 23.5 Å². The van der Waals surface area contributed by atoms with Gasteiger partial charge in [0.1, 0.15) is 22.9 Å². The number of nitrogens with zero attached hydrogens (tertiary/aromatic N) is 3. The highest BCUT2D eigenvalue weighted by Gasteiger charge is 2.55. The molecule has 3 atom stereocenters. The number of aromatic nitrogens is 2. The molecule has 48 heavy (non-hydrogen) atoms. The van der Waals surface area contributed by atoms with Gasteiger partial charge in [-0.2, -0.15) is 0 Å². The van der Waals surface area contributed by atoms with Crippen molar-refractivity contribution in [1.29, 1.82) is 0 Å². The van der Waals surface area contributed by atoms with Gasteiger partial charge in [-0.1, -0.05) is 0 Å². The number of carboxylic acids is 1. The van der Waals surface area contributed by atoms with E-state index in [1.807, 2.05) is 0 Å². The van der Waals surface area contributed by atoms with Crippen LogP contribution < -0.4 is 16.0 Å². The Balaban J connectivity index is 1.32. The number of nitrogens with one attached hydrogen (secondary N) is 3. The molecule has 15 heteroatoms. The number of thioether (sulfide) groups is 2. The fraction of sp³-hybridized carbons (Fsp3) is 0.242. The van der Waals surface area contributed by atoms with Crippen LogP contribution in [0.25, 0.3) is 0 Å². The van der Waals surface area contributed by atoms with E-state index in [2.05, 4.69) is 25.9 Å². The lowest BCUT2D eigenvalue weighted by atomic mass is 9.80. The molecule has 13 nitrogen and oxygen atoms in total. The fourth-order valence-electron chi connectivity index (χ4n) is 5.93. The lowest BCUT2D eigenvalue weighted by Gasteiger charge is -2.50. The zero-order valence-corrected chi connectivity index (χ0v) is 26.9. The van der Waals surface area contributed by atoms with Gasteiger partial charge in [0.15, 0.2) is 0 Å². The maximum atomic E-state index is 13.5. The minimum atomic E-state index is -1.36. The average Bonchev–Trinajstić information content (AvgIpc) is 3.52. The molecule has 4 amide bonds. The summed E-state index contributed by atoms with van der Waals surface area (Å²) < 4.78 is 0. The van der Waals surface area contributed by atoms with E-state index in [1.165, 1.54) is 40.6 Å². The van der Waals surface area contributed by atoms with Crippen molar-refractivity contribution in [2.45, 2.75) is 35.1 Å². The molecule has 0 spiro atoms. The van der Waals surface area contributed by atoms with Gasteiger partial charge in [-0.05, 0) is 71.7 Å². The summed E-state index contributed by atoms with van der Waals surface area (Å²) in [5, 5.41) is 27.9. The van der Waals surface area contributed by atoms with Crippen molar-refractivity contribution in [3.05, 3.63) is 101 Å². The van der Waals surface area contributed by atoms with Crippen LogP contribution in [0.3, 0.4) is 0 Å². The Hall–Kier alpha value is -5.15. The van der Waals surface area contributed by atoms with Gasteiger partial charge in [0.25, 0.3) is 5.91 Å². The van der Waals surface area contributed by atoms with Gasteiger partial charge in [0, 0.05) is 65.6 Å². The fourth-order valence-corrected chi connectivity index (χ4v) is 7.99. The molecule has 0 radical (unpaired) electrons. The summed E-state index contributed by atoms with van der Waals surface area (Å²) in [5.41, 5.74) is 1.77. The molecule has 5 N–H and O–H groups in total. The first-order chi connectivity index (χ1) is 23.2. The number of phenolic OH excluding ortho intramolecular Hbond substituents is 1. The molecular weight excluding hydrogens is 657 g/mol. The lowest BCUT2D eigenvalue weighted by Crippen LogP contribution is -2.70. The highest BCUT2D eigenvalue weighted by Crippen LogP contribution is 2.47. The van der Waals surface area contributed by atoms with Gasteiger partial charge in [-0.25, -0.2) is 4.79 Å². The number of β-lactam (4-membered cyclic amide) rings is 1. The van der Waals surface area contributed by atoms with Gasteiger partial charge in [-0.3, -0.25) is 34.0 Å². The van der Waals surface area contributed by atoms with Gasteiger partial charge in [0.2, 0.25) is 17.7 Å². The van der Waals surface area contributed by atoms with E-state index in [0.29, 0.717) is 35.4 Å². The van der Waals surface area contributed by atoms with E-state index in [0.717, 1.165) is 4.90 Å². The Morgan fingerprint density at radius 3 is 2.33 bits per heavy atom. The van der Waals surface area contributed by atoms with E-state index in [4.69, 9.17) is 0 Å². The molecule has 2 aromatic heterocycles. The van der Waals surface area contributed by atoms with Crippen LogP contribution in [0.5, 0.6) is 5.75 Å². The molecule has 0 aliphatic carbocycles. The summed E-state index contributed by atoms with van der Waals surface area (Å²) in [6.07, 6.45) is 6.46. The smallest absolute Gasteiger partial charge is 0.352 e. The molecule has 3 aromatic rings. The van der Waals surface area contributed by atoms with E-state index >= 15 is 0 Å². The minimum Gasteiger partial charge on any atom is -0.508 e. The van der Waals surface area contributed by atoms with Crippen LogP contribution in [0, 0.1) is 0 Å². The third-order valence-corrected chi connectivity index (χ3v) is 10.4. The summed E-state index contributed by atoms with van der Waals surface area (Å²) >= 11 is 2.57. The monoisotopic (exact) mass is 686 g/mol. The first-order valence-corrected chi connectivity index (χ1v) is 17.0. The van der Waals surface area contributed by atoms with E-state index in [9.17, 15) is 34.2 Å². The molecular formula is C33H30N6O7S2. The maximum Gasteiger partial charge on any atom is 0.352 e. The number of fused-ring (bicyclic) bond motifs is 1. The summed E-state index contributed by atoms with van der Waals surface area (Å²) in [7, 11) is 0. The number of rotatable bonds is 11. The van der Waals surface area contributed by atoms with Crippen molar-refractivity contribution >= 4 is 58.8 Å². The quantitative estimate of drug-likeness (QED) is 0.0863. The molecule has 0 bridgehead atoms. The van der Waals surface area contributed by atoms with Crippen molar-refractivity contribution in [3.63, 3.8) is 0 Å². The SMILES string of the molecule is O=C(CC(C(=C1CCNC1=O)C1=C(C(=O)O)N2C(=O)[C@@H](NC(=O)CSc3ccncc3)[C@H]2SC1)c1ccncc1)Nc1ccc(O)cc1. The molecule has 0 saturated carbocycles. The molecule has 246 valence electrons. The average molecular weight is 687 g/mol. The topological polar surface area (TPSA) is 191 Å². The second kappa shape index (κ2) is 14.3. The Labute approximate surface area is 283 Å². The number of carboxylic acid groups (broad SMARTS) is 1. The molecule has 6 rings (SSSR count). The Bertz CT molecular complexity index is 1820. The van der Waals surface area contributed by atoms with E-state index in [1.54, 1.807) is 61.2 Å². The molecule has 3 aliphatic heterocycles. The first kappa shape index (κ1) is 32.8. The van der Waals surface area contributed by atoms with Crippen molar-refractivity contribution in [2.24, 2.45) is 0 Å². The number of allylic oxidation sites excluding steroid dienone is 1. The minimum absolute atomic E-state index is 0.0364. The number of anilines is 1. The number of carbonyl (C=O) groups is 5. The number of phenols is 1. The molecule has 1 unspecified atom stereocenters. The molecule has 5 heterocycles. The largest absolute Gasteiger partial charge is 0.508 e. The first-order valence-electron chi connectivity index (χ1n) is 14.9. The van der Waals surface area contributed by atoms with Crippen LogP contribution in [-0.2, 0) is 24.0 Å². The Morgan fingerprint density at radius 1 is 1.00 bits per heavy atom. The van der Waals surface area contributed by atoms with Crippen molar-refractivity contribution < 1.29 is 34.2 Å². The maximum absolute atomic E-state index is 13.5. The van der Waals surface area contributed by atoms with Crippen LogP contribution in [0.2, 0.25) is 0 Å². The molecule has 3 aliphatic rings. The number of hydrogen-bond donors (Lipinski definition) is 5. The number of aromatic hydroxyl groups is 1. The highest BCUT2D eigenvalue weighted by molar-refractivity contribution is 8.00. The van der Waals surface area contributed by atoms with Crippen LogP contribution in [-0.4, -0.2) is 84.1 Å². The molecule has 2 saturated heterocycles. The number of benzene rings is 1. The van der Waals surface area contributed by atoms with Gasteiger partial charge in [0.05, 0.1) is 5.75 Å². The summed E-state index contributed by atoms with van der Waals surface area (Å²) in [6, 6.07) is 12.0. The number of pyridine rings is 2. The van der Waals surface area contributed by atoms with Crippen LogP contribution in [0.4, 0.5) is 5.69 Å². The van der Waals surface area contributed by atoms with Crippen molar-refractivity contribution in [1.82, 2.24) is 25.5 Å². The van der Waals surface area contributed by atoms with Crippen LogP contribution in [0.15, 0.2) is 101 Å². The highest BCUT2D eigenvalue weighted by atomic mass is 32.2. The Morgan fingerprint density at radius 2 is 1.69 bits per heavy atom. The second-order valence-corrected chi connectivity index (χ2v) is 13.2. The predicted molar refractivity (Wildman–Crippen MR) is 178 cm³/mol. The number of hydrogen-bond acceptors (Lipinski definition) is 10. The van der Waals surface area contributed by atoms with E-state index < -0.39 is 35.1 Å². The van der Waals surface area contributed by atoms with Crippen molar-refractivity contribution in [2.75, 3.05) is 23.4 Å². The predicted octanol–water partition coefficient (Wildman–Crippen LogP) is 2.64. The standard InChI is InChI=1S/C33H30N6O7S2/c40-20-3-1-19(2-4-20)37-25(41)15-23(18-5-10-34-11-6-18)27(22-9-14-36-30(22)43)24-16-48-32-28(31(44)39(32)29(24)33(45)46)38-26(42)17-47-21-7-12-35-13-8-21/h1-8,10-13,23,28,32,40H,9,14-17H2,(H,36,43)(H,37,41)(H,38,42)(H,45,46)/t23?,28-,32-/m1/s1. The zero-order valence-electron chi connectivity index (χ0n) is 25.3. The van der Waals surface area contributed by atoms with E-state index in [-0.39, 0.29) is 46.8 Å².